The first kappa shape index (κ1) is 11.9. The minimum absolute atomic E-state index is 0.286. The van der Waals surface area contributed by atoms with Gasteiger partial charge in [0.2, 0.25) is 0 Å². The lowest BCUT2D eigenvalue weighted by atomic mass is 9.88. The van der Waals surface area contributed by atoms with E-state index in [1.54, 1.807) is 16.8 Å². The lowest BCUT2D eigenvalue weighted by Crippen LogP contribution is -2.21. The SMILES string of the molecule is O=C(O)C1CCc2nn(-c3ccc(F)cc3)cc2C1. The van der Waals surface area contributed by atoms with Crippen molar-refractivity contribution in [3.63, 3.8) is 0 Å². The molecule has 0 saturated carbocycles. The van der Waals surface area contributed by atoms with Crippen molar-refractivity contribution in [2.75, 3.05) is 0 Å². The first-order chi connectivity index (χ1) is 9.13. The fraction of sp³-hybridized carbons (Fsp3) is 0.286. The fourth-order valence-electron chi connectivity index (χ4n) is 2.44. The molecule has 1 N–H and O–H groups in total. The second-order valence-electron chi connectivity index (χ2n) is 4.80. The molecule has 4 nitrogen and oxygen atoms in total. The van der Waals surface area contributed by atoms with Crippen LogP contribution in [-0.4, -0.2) is 20.9 Å². The Labute approximate surface area is 109 Å². The lowest BCUT2D eigenvalue weighted by molar-refractivity contribution is -0.142. The predicted octanol–water partition coefficient (Wildman–Crippen LogP) is 2.20. The summed E-state index contributed by atoms with van der Waals surface area (Å²) in [6.45, 7) is 0. The number of nitrogens with zero attached hydrogens (tertiary/aromatic N) is 2. The van der Waals surface area contributed by atoms with Crippen LogP contribution in [0.4, 0.5) is 4.39 Å². The number of carbonyl (C=O) groups is 1. The molecule has 98 valence electrons. The number of carboxylic acids is 1. The second kappa shape index (κ2) is 4.50. The third-order valence-electron chi connectivity index (χ3n) is 3.51. The van der Waals surface area contributed by atoms with E-state index in [0.717, 1.165) is 16.9 Å². The molecule has 0 aliphatic heterocycles. The van der Waals surface area contributed by atoms with Crippen molar-refractivity contribution in [1.82, 2.24) is 9.78 Å². The highest BCUT2D eigenvalue weighted by molar-refractivity contribution is 5.70. The van der Waals surface area contributed by atoms with E-state index < -0.39 is 5.97 Å². The van der Waals surface area contributed by atoms with E-state index in [0.29, 0.717) is 19.3 Å². The first-order valence-corrected chi connectivity index (χ1v) is 6.19. The Bertz CT molecular complexity index is 619. The average Bonchev–Trinajstić information content (AvgIpc) is 2.82. The fourth-order valence-corrected chi connectivity index (χ4v) is 2.44. The smallest absolute Gasteiger partial charge is 0.306 e. The van der Waals surface area contributed by atoms with Gasteiger partial charge in [0.15, 0.2) is 0 Å². The zero-order valence-electron chi connectivity index (χ0n) is 10.2. The normalized spacial score (nSPS) is 18.1. The molecule has 0 radical (unpaired) electrons. The Balaban J connectivity index is 1.91. The van der Waals surface area contributed by atoms with Crippen LogP contribution in [-0.2, 0) is 17.6 Å². The minimum atomic E-state index is -0.750. The topological polar surface area (TPSA) is 55.1 Å². The van der Waals surface area contributed by atoms with Gasteiger partial charge in [0.1, 0.15) is 5.82 Å². The molecule has 0 spiro atoms. The van der Waals surface area contributed by atoms with E-state index in [9.17, 15) is 9.18 Å². The molecule has 1 aliphatic rings. The van der Waals surface area contributed by atoms with Crippen molar-refractivity contribution < 1.29 is 14.3 Å². The van der Waals surface area contributed by atoms with Gasteiger partial charge < -0.3 is 5.11 Å². The van der Waals surface area contributed by atoms with E-state index in [1.165, 1.54) is 12.1 Å². The quantitative estimate of drug-likeness (QED) is 0.900. The molecule has 1 aromatic heterocycles. The van der Waals surface area contributed by atoms with Gasteiger partial charge >= 0.3 is 5.97 Å². The van der Waals surface area contributed by atoms with Crippen molar-refractivity contribution in [2.24, 2.45) is 5.92 Å². The maximum absolute atomic E-state index is 12.9. The number of halogens is 1. The van der Waals surface area contributed by atoms with Gasteiger partial charge in [0.05, 0.1) is 17.3 Å². The van der Waals surface area contributed by atoms with Gasteiger partial charge in [-0.1, -0.05) is 0 Å². The number of fused-ring (bicyclic) bond motifs is 1. The molecule has 1 unspecified atom stereocenters. The molecule has 19 heavy (non-hydrogen) atoms. The summed E-state index contributed by atoms with van der Waals surface area (Å²) < 4.78 is 14.6. The number of hydrogen-bond acceptors (Lipinski definition) is 2. The van der Waals surface area contributed by atoms with E-state index in [2.05, 4.69) is 5.10 Å². The monoisotopic (exact) mass is 260 g/mol. The van der Waals surface area contributed by atoms with Crippen LogP contribution in [0.3, 0.4) is 0 Å². The Morgan fingerprint density at radius 1 is 1.37 bits per heavy atom. The molecule has 2 aromatic rings. The van der Waals surface area contributed by atoms with Gasteiger partial charge in [0.25, 0.3) is 0 Å². The van der Waals surface area contributed by atoms with Crippen LogP contribution in [0.1, 0.15) is 17.7 Å². The van der Waals surface area contributed by atoms with E-state index in [-0.39, 0.29) is 11.7 Å². The molecule has 1 aliphatic carbocycles. The van der Waals surface area contributed by atoms with E-state index in [4.69, 9.17) is 5.11 Å². The zero-order chi connectivity index (χ0) is 13.4. The third kappa shape index (κ3) is 2.23. The third-order valence-corrected chi connectivity index (χ3v) is 3.51. The molecule has 1 atom stereocenters. The maximum Gasteiger partial charge on any atom is 0.306 e. The Morgan fingerprint density at radius 3 is 2.79 bits per heavy atom. The summed E-state index contributed by atoms with van der Waals surface area (Å²) in [5.74, 6) is -1.36. The van der Waals surface area contributed by atoms with Gasteiger partial charge in [0, 0.05) is 6.20 Å². The van der Waals surface area contributed by atoms with Crippen LogP contribution in [0.5, 0.6) is 0 Å². The van der Waals surface area contributed by atoms with Crippen LogP contribution in [0.25, 0.3) is 5.69 Å². The van der Waals surface area contributed by atoms with Crippen LogP contribution < -0.4 is 0 Å². The van der Waals surface area contributed by atoms with Gasteiger partial charge in [-0.05, 0) is 49.1 Å². The molecular weight excluding hydrogens is 247 g/mol. The number of hydrogen-bond donors (Lipinski definition) is 1. The summed E-state index contributed by atoms with van der Waals surface area (Å²) in [5.41, 5.74) is 2.70. The van der Waals surface area contributed by atoms with Crippen molar-refractivity contribution in [2.45, 2.75) is 19.3 Å². The predicted molar refractivity (Wildman–Crippen MR) is 66.7 cm³/mol. The summed E-state index contributed by atoms with van der Waals surface area (Å²) >= 11 is 0. The van der Waals surface area contributed by atoms with E-state index in [1.807, 2.05) is 6.20 Å². The van der Waals surface area contributed by atoms with Gasteiger partial charge in [-0.2, -0.15) is 5.10 Å². The maximum atomic E-state index is 12.9. The largest absolute Gasteiger partial charge is 0.481 e. The van der Waals surface area contributed by atoms with Gasteiger partial charge in [-0.3, -0.25) is 4.79 Å². The molecule has 0 fully saturated rings. The van der Waals surface area contributed by atoms with Crippen molar-refractivity contribution in [3.05, 3.63) is 47.5 Å². The second-order valence-corrected chi connectivity index (χ2v) is 4.80. The molecule has 5 heteroatoms. The van der Waals surface area contributed by atoms with E-state index >= 15 is 0 Å². The highest BCUT2D eigenvalue weighted by atomic mass is 19.1. The van der Waals surface area contributed by atoms with Gasteiger partial charge in [-0.15, -0.1) is 0 Å². The number of benzene rings is 1. The van der Waals surface area contributed by atoms with Gasteiger partial charge in [-0.25, -0.2) is 9.07 Å². The number of aryl methyl sites for hydroxylation is 1. The number of aromatic nitrogens is 2. The van der Waals surface area contributed by atoms with Crippen LogP contribution in [0.15, 0.2) is 30.5 Å². The Morgan fingerprint density at radius 2 is 2.11 bits per heavy atom. The molecule has 1 heterocycles. The number of rotatable bonds is 2. The van der Waals surface area contributed by atoms with Crippen LogP contribution in [0, 0.1) is 11.7 Å². The molecule has 0 amide bonds. The highest BCUT2D eigenvalue weighted by Gasteiger charge is 2.26. The highest BCUT2D eigenvalue weighted by Crippen LogP contribution is 2.25. The van der Waals surface area contributed by atoms with Crippen LogP contribution in [0.2, 0.25) is 0 Å². The van der Waals surface area contributed by atoms with Crippen molar-refractivity contribution >= 4 is 5.97 Å². The molecule has 1 aromatic carbocycles. The summed E-state index contributed by atoms with van der Waals surface area (Å²) in [5, 5.41) is 13.5. The number of aliphatic carboxylic acids is 1. The summed E-state index contributed by atoms with van der Waals surface area (Å²) in [6, 6.07) is 6.08. The van der Waals surface area contributed by atoms with Crippen molar-refractivity contribution in [1.29, 1.82) is 0 Å². The summed E-state index contributed by atoms with van der Waals surface area (Å²) in [4.78, 5) is 11.0. The lowest BCUT2D eigenvalue weighted by Gasteiger charge is -2.16. The average molecular weight is 260 g/mol. The summed E-state index contributed by atoms with van der Waals surface area (Å²) in [7, 11) is 0. The van der Waals surface area contributed by atoms with Crippen LogP contribution >= 0.6 is 0 Å². The standard InChI is InChI=1S/C14H13FN2O2/c15-11-2-4-12(5-3-11)17-8-10-7-9(14(18)19)1-6-13(10)16-17/h2-5,8-9H,1,6-7H2,(H,18,19). The minimum Gasteiger partial charge on any atom is -0.481 e. The molecule has 0 saturated heterocycles. The Hall–Kier alpha value is -2.17. The molecular formula is C14H13FN2O2. The number of carboxylic acid groups (broad SMARTS) is 1. The molecule has 3 rings (SSSR count). The summed E-state index contributed by atoms with van der Waals surface area (Å²) in [6.07, 6.45) is 3.67. The zero-order valence-corrected chi connectivity index (χ0v) is 10.2. The Kier molecular flexibility index (Phi) is 2.81. The van der Waals surface area contributed by atoms with Crippen molar-refractivity contribution in [3.8, 4) is 5.69 Å². The first-order valence-electron chi connectivity index (χ1n) is 6.19. The molecule has 0 bridgehead atoms.